The van der Waals surface area contributed by atoms with Crippen LogP contribution in [0.4, 0.5) is 5.69 Å². The fraction of sp³-hybridized carbons (Fsp3) is 0.333. The number of nitrogens with one attached hydrogen (secondary N) is 2. The van der Waals surface area contributed by atoms with E-state index in [9.17, 15) is 4.79 Å². The second kappa shape index (κ2) is 9.92. The van der Waals surface area contributed by atoms with Crippen LogP contribution in [0.1, 0.15) is 55.5 Å². The smallest absolute Gasteiger partial charge is 0.257 e. The van der Waals surface area contributed by atoms with E-state index >= 15 is 0 Å². The van der Waals surface area contributed by atoms with Crippen LogP contribution in [0.2, 0.25) is 0 Å². The average molecular weight is 371 g/mol. The third-order valence-electron chi connectivity index (χ3n) is 4.15. The van der Waals surface area contributed by atoms with Crippen LogP contribution in [0.5, 0.6) is 5.75 Å². The van der Waals surface area contributed by atoms with Crippen molar-refractivity contribution in [3.8, 4) is 5.75 Å². The zero-order valence-corrected chi connectivity index (χ0v) is 16.4. The molecule has 0 unspecified atom stereocenters. The molecule has 0 aliphatic rings. The summed E-state index contributed by atoms with van der Waals surface area (Å²) in [6.45, 7) is 6.98. The van der Waals surface area contributed by atoms with Crippen molar-refractivity contribution in [1.29, 1.82) is 0 Å². The molecular weight excluding hydrogens is 344 g/mol. The third-order valence-corrected chi connectivity index (χ3v) is 4.35. The molecule has 0 bridgehead atoms. The number of rotatable bonds is 7. The number of anilines is 1. The van der Waals surface area contributed by atoms with E-state index in [-0.39, 0.29) is 11.0 Å². The van der Waals surface area contributed by atoms with Crippen molar-refractivity contribution in [3.63, 3.8) is 0 Å². The molecule has 0 aliphatic heterocycles. The minimum Gasteiger partial charge on any atom is -0.494 e. The maximum atomic E-state index is 12.5. The molecule has 26 heavy (non-hydrogen) atoms. The van der Waals surface area contributed by atoms with E-state index in [0.29, 0.717) is 23.8 Å². The van der Waals surface area contributed by atoms with Gasteiger partial charge in [0, 0.05) is 11.3 Å². The molecule has 0 fully saturated rings. The summed E-state index contributed by atoms with van der Waals surface area (Å²) < 4.78 is 5.57. The second-order valence-corrected chi connectivity index (χ2v) is 6.59. The number of carbonyl (C=O) groups is 1. The van der Waals surface area contributed by atoms with Crippen molar-refractivity contribution in [2.75, 3.05) is 11.9 Å². The molecule has 4 nitrogen and oxygen atoms in total. The first kappa shape index (κ1) is 19.9. The third kappa shape index (κ3) is 5.56. The standard InChI is InChI=1S/C21H26N2O2S/c1-4-13-25-17-10-8-9-16(14-17)20(24)23-21(26)22-19-12-7-6-11-18(19)15(3)5-2/h6-12,14-15H,4-5,13H2,1-3H3,(H2,22,23,24,26)/t15-/m1/s1. The monoisotopic (exact) mass is 370 g/mol. The van der Waals surface area contributed by atoms with Crippen molar-refractivity contribution in [2.24, 2.45) is 0 Å². The molecule has 2 aromatic carbocycles. The highest BCUT2D eigenvalue weighted by Gasteiger charge is 2.12. The van der Waals surface area contributed by atoms with Crippen LogP contribution >= 0.6 is 12.2 Å². The highest BCUT2D eigenvalue weighted by atomic mass is 32.1. The summed E-state index contributed by atoms with van der Waals surface area (Å²) >= 11 is 5.32. The molecule has 2 aromatic rings. The number of thiocarbonyl (C=S) groups is 1. The first-order valence-electron chi connectivity index (χ1n) is 8.99. The number of amides is 1. The predicted molar refractivity (Wildman–Crippen MR) is 111 cm³/mol. The van der Waals surface area contributed by atoms with E-state index in [2.05, 4.69) is 30.5 Å². The first-order valence-corrected chi connectivity index (χ1v) is 9.40. The number of ether oxygens (including phenoxy) is 1. The fourth-order valence-corrected chi connectivity index (χ4v) is 2.74. The van der Waals surface area contributed by atoms with Crippen LogP contribution in [0, 0.1) is 0 Å². The molecule has 0 saturated heterocycles. The Labute approximate surface area is 161 Å². The van der Waals surface area contributed by atoms with Crippen LogP contribution in [0.25, 0.3) is 0 Å². The van der Waals surface area contributed by atoms with Crippen molar-refractivity contribution >= 4 is 28.9 Å². The highest BCUT2D eigenvalue weighted by molar-refractivity contribution is 7.80. The summed E-state index contributed by atoms with van der Waals surface area (Å²) in [5.41, 5.74) is 2.62. The Kier molecular flexibility index (Phi) is 7.60. The van der Waals surface area contributed by atoms with Crippen LogP contribution < -0.4 is 15.4 Å². The van der Waals surface area contributed by atoms with E-state index in [1.54, 1.807) is 18.2 Å². The van der Waals surface area contributed by atoms with Gasteiger partial charge in [-0.25, -0.2) is 0 Å². The average Bonchev–Trinajstić information content (AvgIpc) is 2.66. The molecule has 1 atom stereocenters. The van der Waals surface area contributed by atoms with Gasteiger partial charge in [0.1, 0.15) is 5.75 Å². The van der Waals surface area contributed by atoms with Gasteiger partial charge in [0.2, 0.25) is 0 Å². The van der Waals surface area contributed by atoms with Gasteiger partial charge in [-0.1, -0.05) is 45.0 Å². The van der Waals surface area contributed by atoms with E-state index < -0.39 is 0 Å². The van der Waals surface area contributed by atoms with Crippen molar-refractivity contribution in [1.82, 2.24) is 5.32 Å². The number of carbonyl (C=O) groups excluding carboxylic acids is 1. The Morgan fingerprint density at radius 2 is 1.92 bits per heavy atom. The largest absolute Gasteiger partial charge is 0.494 e. The summed E-state index contributed by atoms with van der Waals surface area (Å²) in [5, 5.41) is 6.16. The molecule has 0 aromatic heterocycles. The van der Waals surface area contributed by atoms with Crippen molar-refractivity contribution in [2.45, 2.75) is 39.5 Å². The lowest BCUT2D eigenvalue weighted by molar-refractivity contribution is 0.0977. The minimum atomic E-state index is -0.259. The van der Waals surface area contributed by atoms with Gasteiger partial charge >= 0.3 is 0 Å². The molecule has 0 aliphatic carbocycles. The molecule has 2 rings (SSSR count). The van der Waals surface area contributed by atoms with Crippen molar-refractivity contribution < 1.29 is 9.53 Å². The Bertz CT molecular complexity index is 761. The number of hydrogen-bond donors (Lipinski definition) is 2. The summed E-state index contributed by atoms with van der Waals surface area (Å²) in [6, 6.07) is 15.1. The summed E-state index contributed by atoms with van der Waals surface area (Å²) in [6.07, 6.45) is 1.95. The molecule has 0 spiro atoms. The van der Waals surface area contributed by atoms with Crippen molar-refractivity contribution in [3.05, 3.63) is 59.7 Å². The number of benzene rings is 2. The summed E-state index contributed by atoms with van der Waals surface area (Å²) in [5.74, 6) is 0.829. The molecule has 0 saturated carbocycles. The number of para-hydroxylation sites is 1. The molecule has 5 heteroatoms. The summed E-state index contributed by atoms with van der Waals surface area (Å²) in [4.78, 5) is 12.5. The first-order chi connectivity index (χ1) is 12.5. The number of hydrogen-bond acceptors (Lipinski definition) is 3. The molecule has 1 amide bonds. The lowest BCUT2D eigenvalue weighted by Gasteiger charge is -2.17. The summed E-state index contributed by atoms with van der Waals surface area (Å²) in [7, 11) is 0. The molecular formula is C21H26N2O2S. The van der Waals surface area contributed by atoms with Gasteiger partial charge in [-0.3, -0.25) is 10.1 Å². The van der Waals surface area contributed by atoms with Gasteiger partial charge in [0.05, 0.1) is 6.61 Å². The Morgan fingerprint density at radius 1 is 1.15 bits per heavy atom. The Hall–Kier alpha value is -2.40. The quantitative estimate of drug-likeness (QED) is 0.665. The van der Waals surface area contributed by atoms with Gasteiger partial charge in [-0.15, -0.1) is 0 Å². The lowest BCUT2D eigenvalue weighted by Crippen LogP contribution is -2.34. The normalized spacial score (nSPS) is 11.5. The zero-order chi connectivity index (χ0) is 18.9. The molecule has 138 valence electrons. The molecule has 2 N–H and O–H groups in total. The van der Waals surface area contributed by atoms with E-state index in [0.717, 1.165) is 18.5 Å². The van der Waals surface area contributed by atoms with Crippen LogP contribution in [0.3, 0.4) is 0 Å². The van der Waals surface area contributed by atoms with Crippen LogP contribution in [-0.4, -0.2) is 17.6 Å². The second-order valence-electron chi connectivity index (χ2n) is 6.18. The Morgan fingerprint density at radius 3 is 2.65 bits per heavy atom. The topological polar surface area (TPSA) is 50.4 Å². The van der Waals surface area contributed by atoms with Crippen LogP contribution in [0.15, 0.2) is 48.5 Å². The van der Waals surface area contributed by atoms with Gasteiger partial charge in [-0.2, -0.15) is 0 Å². The van der Waals surface area contributed by atoms with E-state index in [1.807, 2.05) is 31.2 Å². The predicted octanol–water partition coefficient (Wildman–Crippen LogP) is 5.12. The van der Waals surface area contributed by atoms with Crippen LogP contribution in [-0.2, 0) is 0 Å². The molecule has 0 radical (unpaired) electrons. The fourth-order valence-electron chi connectivity index (χ4n) is 2.54. The van der Waals surface area contributed by atoms with E-state index in [1.165, 1.54) is 5.56 Å². The van der Waals surface area contributed by atoms with Gasteiger partial charge < -0.3 is 10.1 Å². The van der Waals surface area contributed by atoms with E-state index in [4.69, 9.17) is 17.0 Å². The highest BCUT2D eigenvalue weighted by Crippen LogP contribution is 2.26. The maximum absolute atomic E-state index is 12.5. The molecule has 0 heterocycles. The van der Waals surface area contributed by atoms with Gasteiger partial charge in [0.15, 0.2) is 5.11 Å². The minimum absolute atomic E-state index is 0.259. The zero-order valence-electron chi connectivity index (χ0n) is 15.5. The lowest BCUT2D eigenvalue weighted by atomic mass is 9.97. The van der Waals surface area contributed by atoms with Gasteiger partial charge in [0.25, 0.3) is 5.91 Å². The maximum Gasteiger partial charge on any atom is 0.257 e. The SMILES string of the molecule is CCCOc1cccc(C(=O)NC(=S)Nc2ccccc2[C@H](C)CC)c1. The Balaban J connectivity index is 2.03. The van der Waals surface area contributed by atoms with Gasteiger partial charge in [-0.05, 0) is 60.8 Å².